The van der Waals surface area contributed by atoms with Crippen molar-refractivity contribution < 1.29 is 4.74 Å². The highest BCUT2D eigenvalue weighted by atomic mass is 32.1. The third-order valence-electron chi connectivity index (χ3n) is 0.803. The zero-order valence-corrected chi connectivity index (χ0v) is 8.25. The van der Waals surface area contributed by atoms with Crippen LogP contribution in [0, 0.1) is 0 Å². The molecule has 0 fully saturated rings. The molecule has 0 aromatic carbocycles. The molecule has 0 aliphatic heterocycles. The third kappa shape index (κ3) is 6.11. The van der Waals surface area contributed by atoms with Gasteiger partial charge in [-0.2, -0.15) is 0 Å². The highest BCUT2D eigenvalue weighted by molar-refractivity contribution is 7.80. The van der Waals surface area contributed by atoms with Crippen LogP contribution in [0.5, 0.6) is 0 Å². The Bertz CT molecular complexity index is 74.8. The number of ether oxygens (including phenoxy) is 1. The summed E-state index contributed by atoms with van der Waals surface area (Å²) < 4.78 is 5.04. The van der Waals surface area contributed by atoms with Gasteiger partial charge in [-0.05, 0) is 18.6 Å². The quantitative estimate of drug-likeness (QED) is 0.328. The van der Waals surface area contributed by atoms with Crippen LogP contribution in [0.1, 0.15) is 13.3 Å². The smallest absolute Gasteiger partial charge is 0.156 e. The molecule has 0 saturated heterocycles. The lowest BCUT2D eigenvalue weighted by molar-refractivity contribution is 0.311. The Kier molecular flexibility index (Phi) is 5.32. The Labute approximate surface area is 58.8 Å². The van der Waals surface area contributed by atoms with Crippen molar-refractivity contribution >= 4 is 27.5 Å². The van der Waals surface area contributed by atoms with Crippen molar-refractivity contribution in [3.05, 3.63) is 0 Å². The van der Waals surface area contributed by atoms with E-state index in [2.05, 4.69) is 0 Å². The summed E-state index contributed by atoms with van der Waals surface area (Å²) in [5, 5.41) is 0.667. The van der Waals surface area contributed by atoms with Crippen molar-refractivity contribution in [2.24, 2.45) is 0 Å². The predicted molar refractivity (Wildman–Crippen MR) is 43.6 cm³/mol. The standard InChI is InChI=1S/C5H12OSSi/c1-5(7)6-3-2-4-8/h2-4H2,1,8H3. The second-order valence-electron chi connectivity index (χ2n) is 1.69. The summed E-state index contributed by atoms with van der Waals surface area (Å²) in [6.45, 7) is 2.63. The van der Waals surface area contributed by atoms with E-state index in [1.54, 1.807) is 0 Å². The van der Waals surface area contributed by atoms with Gasteiger partial charge in [-0.1, -0.05) is 6.04 Å². The average molecular weight is 148 g/mol. The Morgan fingerprint density at radius 1 is 1.75 bits per heavy atom. The molecule has 0 saturated carbocycles. The van der Waals surface area contributed by atoms with E-state index in [0.717, 1.165) is 6.61 Å². The van der Waals surface area contributed by atoms with Crippen molar-refractivity contribution in [1.29, 1.82) is 0 Å². The van der Waals surface area contributed by atoms with Gasteiger partial charge >= 0.3 is 0 Å². The van der Waals surface area contributed by atoms with Crippen LogP contribution in [-0.2, 0) is 4.74 Å². The van der Waals surface area contributed by atoms with Gasteiger partial charge in [0.25, 0.3) is 0 Å². The largest absolute Gasteiger partial charge is 0.487 e. The molecule has 0 N–H and O–H groups in total. The van der Waals surface area contributed by atoms with Crippen LogP contribution >= 0.6 is 12.2 Å². The molecule has 0 bridgehead atoms. The summed E-state index contributed by atoms with van der Waals surface area (Å²) in [6.07, 6.45) is 1.17. The van der Waals surface area contributed by atoms with Gasteiger partial charge in [-0.15, -0.1) is 0 Å². The van der Waals surface area contributed by atoms with Crippen molar-refractivity contribution in [2.75, 3.05) is 6.61 Å². The Balaban J connectivity index is 2.82. The molecule has 0 aliphatic carbocycles. The van der Waals surface area contributed by atoms with E-state index in [4.69, 9.17) is 17.0 Å². The molecule has 0 aliphatic rings. The number of hydrogen-bond acceptors (Lipinski definition) is 2. The average Bonchev–Trinajstić information content (AvgIpc) is 1.66. The van der Waals surface area contributed by atoms with Crippen LogP contribution in [0.3, 0.4) is 0 Å². The van der Waals surface area contributed by atoms with E-state index >= 15 is 0 Å². The zero-order valence-electron chi connectivity index (χ0n) is 5.44. The topological polar surface area (TPSA) is 9.23 Å². The summed E-state index contributed by atoms with van der Waals surface area (Å²) in [4.78, 5) is 0. The molecule has 0 spiro atoms. The van der Waals surface area contributed by atoms with Crippen LogP contribution in [0.15, 0.2) is 0 Å². The Morgan fingerprint density at radius 3 is 2.75 bits per heavy atom. The first-order chi connectivity index (χ1) is 3.77. The lowest BCUT2D eigenvalue weighted by Crippen LogP contribution is -1.97. The van der Waals surface area contributed by atoms with E-state index in [0.29, 0.717) is 5.05 Å². The molecule has 0 amide bonds. The molecule has 0 rings (SSSR count). The van der Waals surface area contributed by atoms with Crippen molar-refractivity contribution in [2.45, 2.75) is 19.4 Å². The van der Waals surface area contributed by atoms with E-state index in [-0.39, 0.29) is 0 Å². The first-order valence-electron chi connectivity index (χ1n) is 2.90. The summed E-state index contributed by atoms with van der Waals surface area (Å²) in [5.74, 6) is 0. The maximum atomic E-state index is 5.04. The maximum absolute atomic E-state index is 5.04. The summed E-state index contributed by atoms with van der Waals surface area (Å²) in [7, 11) is 1.28. The van der Waals surface area contributed by atoms with Gasteiger partial charge in [0.15, 0.2) is 5.05 Å². The molecule has 8 heavy (non-hydrogen) atoms. The van der Waals surface area contributed by atoms with Gasteiger partial charge in [0.2, 0.25) is 0 Å². The van der Waals surface area contributed by atoms with E-state index < -0.39 is 0 Å². The first kappa shape index (κ1) is 8.11. The van der Waals surface area contributed by atoms with Crippen LogP contribution in [0.2, 0.25) is 6.04 Å². The minimum Gasteiger partial charge on any atom is -0.487 e. The fraction of sp³-hybridized carbons (Fsp3) is 0.800. The highest BCUT2D eigenvalue weighted by Crippen LogP contribution is 1.87. The molecular formula is C5H12OSSi. The summed E-state index contributed by atoms with van der Waals surface area (Å²) in [5.41, 5.74) is 0. The summed E-state index contributed by atoms with van der Waals surface area (Å²) in [6, 6.07) is 1.31. The second kappa shape index (κ2) is 5.25. The fourth-order valence-corrected chi connectivity index (χ4v) is 0.732. The van der Waals surface area contributed by atoms with Gasteiger partial charge in [0.1, 0.15) is 0 Å². The van der Waals surface area contributed by atoms with Crippen LogP contribution in [-0.4, -0.2) is 21.9 Å². The molecule has 0 aromatic rings. The van der Waals surface area contributed by atoms with Crippen molar-refractivity contribution in [1.82, 2.24) is 0 Å². The molecule has 48 valence electrons. The second-order valence-corrected chi connectivity index (χ2v) is 3.27. The minimum absolute atomic E-state index is 0.667. The van der Waals surface area contributed by atoms with Gasteiger partial charge in [-0.3, -0.25) is 0 Å². The molecule has 0 aromatic heterocycles. The monoisotopic (exact) mass is 148 g/mol. The molecule has 0 heterocycles. The third-order valence-corrected chi connectivity index (χ3v) is 1.63. The zero-order chi connectivity index (χ0) is 6.41. The maximum Gasteiger partial charge on any atom is 0.156 e. The lowest BCUT2D eigenvalue weighted by Gasteiger charge is -1.99. The Hall–Kier alpha value is 0.107. The van der Waals surface area contributed by atoms with Crippen LogP contribution in [0.25, 0.3) is 0 Å². The van der Waals surface area contributed by atoms with Crippen molar-refractivity contribution in [3.8, 4) is 0 Å². The van der Waals surface area contributed by atoms with Gasteiger partial charge in [-0.25, -0.2) is 0 Å². The normalized spacial score (nSPS) is 9.12. The number of thiocarbonyl (C=S) groups is 1. The molecule has 3 heteroatoms. The van der Waals surface area contributed by atoms with Gasteiger partial charge in [0, 0.05) is 17.2 Å². The number of hydrogen-bond donors (Lipinski definition) is 0. The molecule has 0 atom stereocenters. The first-order valence-corrected chi connectivity index (χ1v) is 4.73. The van der Waals surface area contributed by atoms with E-state index in [1.165, 1.54) is 22.7 Å². The molecule has 1 nitrogen and oxygen atoms in total. The van der Waals surface area contributed by atoms with E-state index in [9.17, 15) is 0 Å². The molecular weight excluding hydrogens is 136 g/mol. The van der Waals surface area contributed by atoms with E-state index in [1.807, 2.05) is 6.92 Å². The molecule has 0 radical (unpaired) electrons. The fourth-order valence-electron chi connectivity index (χ4n) is 0.360. The van der Waals surface area contributed by atoms with Gasteiger partial charge < -0.3 is 4.74 Å². The predicted octanol–water partition coefficient (Wildman–Crippen LogP) is 0.524. The van der Waals surface area contributed by atoms with Crippen LogP contribution < -0.4 is 0 Å². The molecule has 0 unspecified atom stereocenters. The minimum atomic E-state index is 0.667. The number of rotatable bonds is 3. The highest BCUT2D eigenvalue weighted by Gasteiger charge is 1.84. The van der Waals surface area contributed by atoms with Gasteiger partial charge in [0.05, 0.1) is 6.61 Å². The summed E-state index contributed by atoms with van der Waals surface area (Å²) >= 11 is 4.70. The van der Waals surface area contributed by atoms with Crippen LogP contribution in [0.4, 0.5) is 0 Å². The van der Waals surface area contributed by atoms with Crippen molar-refractivity contribution in [3.63, 3.8) is 0 Å². The lowest BCUT2D eigenvalue weighted by atomic mass is 10.5. The Morgan fingerprint density at radius 2 is 2.38 bits per heavy atom. The SMILES string of the molecule is CC(=S)OCCC[SiH3].